The summed E-state index contributed by atoms with van der Waals surface area (Å²) in [6.45, 7) is 0. The zero-order chi connectivity index (χ0) is 10.7. The third-order valence-corrected chi connectivity index (χ3v) is 3.14. The predicted octanol–water partition coefficient (Wildman–Crippen LogP) is 3.32. The van der Waals surface area contributed by atoms with Crippen molar-refractivity contribution in [2.75, 3.05) is 0 Å². The Balaban J connectivity index is 2.00. The molecule has 1 aliphatic rings. The quantitative estimate of drug-likeness (QED) is 0.762. The van der Waals surface area contributed by atoms with E-state index in [2.05, 4.69) is 18.2 Å². The van der Waals surface area contributed by atoms with Crippen molar-refractivity contribution in [1.82, 2.24) is 0 Å². The van der Waals surface area contributed by atoms with E-state index in [4.69, 9.17) is 17.3 Å². The van der Waals surface area contributed by atoms with Gasteiger partial charge in [-0.1, -0.05) is 35.4 Å². The molecule has 0 fully saturated rings. The van der Waals surface area contributed by atoms with Gasteiger partial charge in [0.2, 0.25) is 0 Å². The van der Waals surface area contributed by atoms with Gasteiger partial charge >= 0.3 is 0 Å². The highest BCUT2D eigenvalue weighted by Crippen LogP contribution is 2.21. The summed E-state index contributed by atoms with van der Waals surface area (Å²) in [5.74, 6) is 0. The van der Waals surface area contributed by atoms with E-state index in [1.807, 2.05) is 12.1 Å². The lowest BCUT2D eigenvalue weighted by Gasteiger charge is -2.18. The second-order valence-electron chi connectivity index (χ2n) is 4.20. The van der Waals surface area contributed by atoms with Gasteiger partial charge in [0.25, 0.3) is 0 Å². The van der Waals surface area contributed by atoms with E-state index < -0.39 is 0 Å². The molecule has 1 nitrogen and oxygen atoms in total. The number of nitrogens with two attached hydrogens (primary N) is 1. The van der Waals surface area contributed by atoms with Crippen LogP contribution < -0.4 is 5.73 Å². The van der Waals surface area contributed by atoms with Crippen LogP contribution in [0.3, 0.4) is 0 Å². The van der Waals surface area contributed by atoms with Crippen molar-refractivity contribution in [3.63, 3.8) is 0 Å². The number of benzene rings is 1. The van der Waals surface area contributed by atoms with Gasteiger partial charge in [-0.25, -0.2) is 0 Å². The standard InChI is InChI=1S/C13H16ClN/c14-12-5-1-10(2-6-12)9-11-3-7-13(15)8-4-11/h1-3,5-6,13H,4,7-9,15H2. The normalized spacial score (nSPS) is 21.2. The minimum Gasteiger partial charge on any atom is -0.327 e. The predicted molar refractivity (Wildman–Crippen MR) is 65.1 cm³/mol. The maximum Gasteiger partial charge on any atom is 0.0406 e. The van der Waals surface area contributed by atoms with Gasteiger partial charge in [0.1, 0.15) is 0 Å². The van der Waals surface area contributed by atoms with Crippen LogP contribution in [0.4, 0.5) is 0 Å². The Bertz CT molecular complexity index is 353. The minimum absolute atomic E-state index is 0.374. The van der Waals surface area contributed by atoms with Crippen LogP contribution >= 0.6 is 11.6 Å². The van der Waals surface area contributed by atoms with Crippen molar-refractivity contribution >= 4 is 11.6 Å². The first-order valence-corrected chi connectivity index (χ1v) is 5.80. The highest BCUT2D eigenvalue weighted by atomic mass is 35.5. The lowest BCUT2D eigenvalue weighted by molar-refractivity contribution is 0.583. The molecule has 0 aliphatic heterocycles. The number of hydrogen-bond donors (Lipinski definition) is 1. The average molecular weight is 222 g/mol. The summed E-state index contributed by atoms with van der Waals surface area (Å²) in [5, 5.41) is 0.804. The third-order valence-electron chi connectivity index (χ3n) is 2.89. The first kappa shape index (κ1) is 10.7. The molecule has 0 bridgehead atoms. The number of hydrogen-bond acceptors (Lipinski definition) is 1. The van der Waals surface area contributed by atoms with Gasteiger partial charge < -0.3 is 5.73 Å². The van der Waals surface area contributed by atoms with Crippen molar-refractivity contribution in [3.05, 3.63) is 46.5 Å². The van der Waals surface area contributed by atoms with Crippen LogP contribution in [0.25, 0.3) is 0 Å². The topological polar surface area (TPSA) is 26.0 Å². The van der Waals surface area contributed by atoms with Gasteiger partial charge in [-0.15, -0.1) is 0 Å². The Morgan fingerprint density at radius 3 is 2.60 bits per heavy atom. The molecule has 0 amide bonds. The summed E-state index contributed by atoms with van der Waals surface area (Å²) in [6, 6.07) is 8.46. The highest BCUT2D eigenvalue weighted by Gasteiger charge is 2.10. The van der Waals surface area contributed by atoms with E-state index in [1.165, 1.54) is 11.1 Å². The monoisotopic (exact) mass is 221 g/mol. The Morgan fingerprint density at radius 1 is 1.27 bits per heavy atom. The van der Waals surface area contributed by atoms with E-state index >= 15 is 0 Å². The molecule has 15 heavy (non-hydrogen) atoms. The third kappa shape index (κ3) is 3.08. The SMILES string of the molecule is NC1CC=C(Cc2ccc(Cl)cc2)CC1. The van der Waals surface area contributed by atoms with Crippen molar-refractivity contribution in [3.8, 4) is 0 Å². The summed E-state index contributed by atoms with van der Waals surface area (Å²) in [7, 11) is 0. The van der Waals surface area contributed by atoms with Crippen molar-refractivity contribution < 1.29 is 0 Å². The van der Waals surface area contributed by atoms with Crippen LogP contribution in [0.1, 0.15) is 24.8 Å². The van der Waals surface area contributed by atoms with Crippen molar-refractivity contribution in [2.24, 2.45) is 5.73 Å². The number of rotatable bonds is 2. The van der Waals surface area contributed by atoms with Crippen LogP contribution in [-0.2, 0) is 6.42 Å². The molecule has 1 aliphatic carbocycles. The van der Waals surface area contributed by atoms with Crippen LogP contribution in [-0.4, -0.2) is 6.04 Å². The summed E-state index contributed by atoms with van der Waals surface area (Å²) in [5.41, 5.74) is 8.70. The van der Waals surface area contributed by atoms with E-state index in [9.17, 15) is 0 Å². The molecule has 0 radical (unpaired) electrons. The maximum absolute atomic E-state index is 5.85. The molecule has 0 heterocycles. The second kappa shape index (κ2) is 4.82. The summed E-state index contributed by atoms with van der Waals surface area (Å²) in [4.78, 5) is 0. The zero-order valence-electron chi connectivity index (χ0n) is 8.75. The molecule has 2 rings (SSSR count). The fourth-order valence-electron chi connectivity index (χ4n) is 1.93. The lowest BCUT2D eigenvalue weighted by atomic mass is 9.92. The molecule has 1 aromatic rings. The fraction of sp³-hybridized carbons (Fsp3) is 0.385. The van der Waals surface area contributed by atoms with Gasteiger partial charge in [-0.2, -0.15) is 0 Å². The molecule has 1 atom stereocenters. The smallest absolute Gasteiger partial charge is 0.0406 e. The van der Waals surface area contributed by atoms with Crippen LogP contribution in [0.15, 0.2) is 35.9 Å². The molecule has 1 unspecified atom stereocenters. The van der Waals surface area contributed by atoms with Gasteiger partial charge in [0.15, 0.2) is 0 Å². The van der Waals surface area contributed by atoms with Crippen LogP contribution in [0, 0.1) is 0 Å². The van der Waals surface area contributed by atoms with Gasteiger partial charge in [0, 0.05) is 11.1 Å². The van der Waals surface area contributed by atoms with E-state index in [-0.39, 0.29) is 0 Å². The lowest BCUT2D eigenvalue weighted by Crippen LogP contribution is -2.22. The first-order chi connectivity index (χ1) is 7.24. The summed E-state index contributed by atoms with van der Waals surface area (Å²) >= 11 is 5.84. The second-order valence-corrected chi connectivity index (χ2v) is 4.64. The maximum atomic E-state index is 5.85. The Morgan fingerprint density at radius 2 is 2.00 bits per heavy atom. The molecule has 2 N–H and O–H groups in total. The van der Waals surface area contributed by atoms with Gasteiger partial charge in [-0.05, 0) is 43.4 Å². The average Bonchev–Trinajstić information content (AvgIpc) is 2.25. The fourth-order valence-corrected chi connectivity index (χ4v) is 2.06. The molecular formula is C13H16ClN. The first-order valence-electron chi connectivity index (χ1n) is 5.42. The van der Waals surface area contributed by atoms with Crippen LogP contribution in [0.2, 0.25) is 5.02 Å². The molecule has 80 valence electrons. The number of allylic oxidation sites excluding steroid dienone is 1. The van der Waals surface area contributed by atoms with Gasteiger partial charge in [-0.3, -0.25) is 0 Å². The molecule has 0 aromatic heterocycles. The molecular weight excluding hydrogens is 206 g/mol. The largest absolute Gasteiger partial charge is 0.327 e. The van der Waals surface area contributed by atoms with E-state index in [0.29, 0.717) is 6.04 Å². The van der Waals surface area contributed by atoms with Crippen molar-refractivity contribution in [2.45, 2.75) is 31.7 Å². The van der Waals surface area contributed by atoms with E-state index in [0.717, 1.165) is 30.7 Å². The van der Waals surface area contributed by atoms with E-state index in [1.54, 1.807) is 0 Å². The number of halogens is 1. The Kier molecular flexibility index (Phi) is 3.45. The Labute approximate surface area is 95.9 Å². The van der Waals surface area contributed by atoms with Crippen molar-refractivity contribution in [1.29, 1.82) is 0 Å². The zero-order valence-corrected chi connectivity index (χ0v) is 9.50. The Hall–Kier alpha value is -0.790. The minimum atomic E-state index is 0.374. The molecule has 2 heteroatoms. The molecule has 0 saturated carbocycles. The van der Waals surface area contributed by atoms with Gasteiger partial charge in [0.05, 0.1) is 0 Å². The summed E-state index contributed by atoms with van der Waals surface area (Å²) in [6.07, 6.45) is 6.64. The molecule has 1 aromatic carbocycles. The molecule has 0 saturated heterocycles. The summed E-state index contributed by atoms with van der Waals surface area (Å²) < 4.78 is 0. The molecule has 0 spiro atoms. The highest BCUT2D eigenvalue weighted by molar-refractivity contribution is 6.30. The van der Waals surface area contributed by atoms with Crippen LogP contribution in [0.5, 0.6) is 0 Å².